The van der Waals surface area contributed by atoms with E-state index in [2.05, 4.69) is 22.1 Å². The van der Waals surface area contributed by atoms with Gasteiger partial charge in [0.2, 0.25) is 0 Å². The van der Waals surface area contributed by atoms with Gasteiger partial charge >= 0.3 is 0 Å². The molecule has 1 unspecified atom stereocenters. The Bertz CT molecular complexity index is 260. The van der Waals surface area contributed by atoms with Gasteiger partial charge < -0.3 is 5.32 Å². The van der Waals surface area contributed by atoms with E-state index in [0.717, 1.165) is 13.1 Å². The number of thiazole rings is 1. The van der Waals surface area contributed by atoms with Crippen molar-refractivity contribution in [3.63, 3.8) is 0 Å². The Morgan fingerprint density at radius 2 is 2.64 bits per heavy atom. The number of likely N-dealkylation sites (tertiary alicyclic amines) is 1. The zero-order chi connectivity index (χ0) is 9.80. The van der Waals surface area contributed by atoms with Crippen molar-refractivity contribution in [3.05, 3.63) is 16.6 Å². The minimum Gasteiger partial charge on any atom is -0.313 e. The summed E-state index contributed by atoms with van der Waals surface area (Å²) in [7, 11) is 0. The van der Waals surface area contributed by atoms with E-state index in [1.807, 2.05) is 11.6 Å². The monoisotopic (exact) mass is 211 g/mol. The molecule has 0 radical (unpaired) electrons. The van der Waals surface area contributed by atoms with Crippen molar-refractivity contribution in [3.8, 4) is 0 Å². The van der Waals surface area contributed by atoms with E-state index in [1.54, 1.807) is 11.3 Å². The van der Waals surface area contributed by atoms with Crippen LogP contribution in [0, 0.1) is 0 Å². The molecule has 0 spiro atoms. The van der Waals surface area contributed by atoms with Crippen molar-refractivity contribution in [2.45, 2.75) is 25.9 Å². The van der Waals surface area contributed by atoms with Crippen LogP contribution in [-0.4, -0.2) is 35.6 Å². The Hall–Kier alpha value is -0.450. The van der Waals surface area contributed by atoms with E-state index in [9.17, 15) is 0 Å². The molecule has 78 valence electrons. The maximum Gasteiger partial charge on any atom is 0.107 e. The summed E-state index contributed by atoms with van der Waals surface area (Å²) in [6.07, 6.45) is 3.16. The largest absolute Gasteiger partial charge is 0.313 e. The van der Waals surface area contributed by atoms with Gasteiger partial charge in [-0.05, 0) is 13.0 Å². The molecule has 1 aliphatic rings. The van der Waals surface area contributed by atoms with E-state index in [1.165, 1.54) is 24.5 Å². The van der Waals surface area contributed by atoms with Gasteiger partial charge in [0.15, 0.2) is 0 Å². The quantitative estimate of drug-likeness (QED) is 0.814. The molecule has 2 rings (SSSR count). The summed E-state index contributed by atoms with van der Waals surface area (Å²) >= 11 is 1.75. The summed E-state index contributed by atoms with van der Waals surface area (Å²) in [4.78, 5) is 6.79. The highest BCUT2D eigenvalue weighted by Gasteiger charge is 2.21. The molecule has 0 amide bonds. The van der Waals surface area contributed by atoms with Gasteiger partial charge in [0.1, 0.15) is 5.01 Å². The molecule has 1 N–H and O–H groups in total. The topological polar surface area (TPSA) is 28.2 Å². The second-order valence-electron chi connectivity index (χ2n) is 3.70. The Labute approximate surface area is 89.1 Å². The third kappa shape index (κ3) is 2.53. The van der Waals surface area contributed by atoms with Crippen LogP contribution in [0.1, 0.15) is 18.4 Å². The first-order valence-corrected chi connectivity index (χ1v) is 6.10. The van der Waals surface area contributed by atoms with Crippen LogP contribution in [0.15, 0.2) is 11.6 Å². The van der Waals surface area contributed by atoms with Crippen molar-refractivity contribution in [2.75, 3.05) is 19.6 Å². The van der Waals surface area contributed by atoms with Crippen molar-refractivity contribution >= 4 is 11.3 Å². The van der Waals surface area contributed by atoms with Crippen molar-refractivity contribution in [1.29, 1.82) is 0 Å². The molecular formula is C10H17N3S. The zero-order valence-corrected chi connectivity index (χ0v) is 9.39. The van der Waals surface area contributed by atoms with E-state index in [0.29, 0.717) is 6.04 Å². The zero-order valence-electron chi connectivity index (χ0n) is 8.57. The number of nitrogens with one attached hydrogen (secondary N) is 1. The predicted octanol–water partition coefficient (Wildman–Crippen LogP) is 1.33. The first kappa shape index (κ1) is 10.1. The van der Waals surface area contributed by atoms with Gasteiger partial charge in [-0.15, -0.1) is 11.3 Å². The molecule has 0 bridgehead atoms. The lowest BCUT2D eigenvalue weighted by Gasteiger charge is -2.14. The van der Waals surface area contributed by atoms with Gasteiger partial charge in [-0.1, -0.05) is 6.92 Å². The normalized spacial score (nSPS) is 23.1. The van der Waals surface area contributed by atoms with Gasteiger partial charge in [0, 0.05) is 30.7 Å². The Morgan fingerprint density at radius 1 is 1.71 bits per heavy atom. The SMILES string of the molecule is CCNC1CCN(Cc2nccs2)C1. The maximum atomic E-state index is 4.31. The highest BCUT2D eigenvalue weighted by atomic mass is 32.1. The van der Waals surface area contributed by atoms with Crippen molar-refractivity contribution in [2.24, 2.45) is 0 Å². The molecule has 1 atom stereocenters. The third-order valence-corrected chi connectivity index (χ3v) is 3.37. The van der Waals surface area contributed by atoms with Crippen LogP contribution in [0.3, 0.4) is 0 Å². The lowest BCUT2D eigenvalue weighted by Crippen LogP contribution is -2.32. The molecule has 3 nitrogen and oxygen atoms in total. The fourth-order valence-corrected chi connectivity index (χ4v) is 2.61. The number of hydrogen-bond donors (Lipinski definition) is 1. The average Bonchev–Trinajstić information content (AvgIpc) is 2.79. The summed E-state index contributed by atoms with van der Waals surface area (Å²) in [6.45, 7) is 6.66. The highest BCUT2D eigenvalue weighted by Crippen LogP contribution is 2.14. The number of likely N-dealkylation sites (N-methyl/N-ethyl adjacent to an activating group) is 1. The highest BCUT2D eigenvalue weighted by molar-refractivity contribution is 7.09. The molecular weight excluding hydrogens is 194 g/mol. The van der Waals surface area contributed by atoms with Crippen LogP contribution < -0.4 is 5.32 Å². The molecule has 14 heavy (non-hydrogen) atoms. The standard InChI is InChI=1S/C10H17N3S/c1-2-11-9-3-5-13(7-9)8-10-12-4-6-14-10/h4,6,9,11H,2-3,5,7-8H2,1H3. The first-order chi connectivity index (χ1) is 6.88. The number of nitrogens with zero attached hydrogens (tertiary/aromatic N) is 2. The van der Waals surface area contributed by atoms with Gasteiger partial charge in [-0.2, -0.15) is 0 Å². The molecule has 0 aromatic carbocycles. The summed E-state index contributed by atoms with van der Waals surface area (Å²) < 4.78 is 0. The summed E-state index contributed by atoms with van der Waals surface area (Å²) in [5, 5.41) is 6.78. The van der Waals surface area contributed by atoms with Gasteiger partial charge in [-0.25, -0.2) is 4.98 Å². The molecule has 1 aromatic heterocycles. The Balaban J connectivity index is 1.79. The van der Waals surface area contributed by atoms with Crippen molar-refractivity contribution < 1.29 is 0 Å². The van der Waals surface area contributed by atoms with E-state index in [-0.39, 0.29) is 0 Å². The molecule has 1 saturated heterocycles. The summed E-state index contributed by atoms with van der Waals surface area (Å²) in [5.74, 6) is 0. The lowest BCUT2D eigenvalue weighted by molar-refractivity contribution is 0.320. The smallest absolute Gasteiger partial charge is 0.107 e. The van der Waals surface area contributed by atoms with Crippen LogP contribution in [0.25, 0.3) is 0 Å². The van der Waals surface area contributed by atoms with Crippen molar-refractivity contribution in [1.82, 2.24) is 15.2 Å². The number of aromatic nitrogens is 1. The molecule has 0 saturated carbocycles. The first-order valence-electron chi connectivity index (χ1n) is 5.22. The second-order valence-corrected chi connectivity index (χ2v) is 4.68. The Kier molecular flexibility index (Phi) is 3.50. The third-order valence-electron chi connectivity index (χ3n) is 2.61. The lowest BCUT2D eigenvalue weighted by atomic mass is 10.3. The number of hydrogen-bond acceptors (Lipinski definition) is 4. The van der Waals surface area contributed by atoms with Gasteiger partial charge in [-0.3, -0.25) is 4.90 Å². The summed E-state index contributed by atoms with van der Waals surface area (Å²) in [6, 6.07) is 0.694. The van der Waals surface area contributed by atoms with Crippen LogP contribution >= 0.6 is 11.3 Å². The average molecular weight is 211 g/mol. The van der Waals surface area contributed by atoms with Gasteiger partial charge in [0.25, 0.3) is 0 Å². The van der Waals surface area contributed by atoms with Crippen LogP contribution in [0.2, 0.25) is 0 Å². The fourth-order valence-electron chi connectivity index (χ4n) is 1.95. The number of rotatable bonds is 4. The minimum absolute atomic E-state index is 0.694. The molecule has 1 fully saturated rings. The van der Waals surface area contributed by atoms with Crippen LogP contribution in [-0.2, 0) is 6.54 Å². The molecule has 1 aliphatic heterocycles. The molecule has 1 aromatic rings. The molecule has 4 heteroatoms. The predicted molar refractivity (Wildman–Crippen MR) is 59.5 cm³/mol. The maximum absolute atomic E-state index is 4.31. The summed E-state index contributed by atoms with van der Waals surface area (Å²) in [5.41, 5.74) is 0. The van der Waals surface area contributed by atoms with E-state index < -0.39 is 0 Å². The molecule has 2 heterocycles. The fraction of sp³-hybridized carbons (Fsp3) is 0.700. The van der Waals surface area contributed by atoms with Crippen LogP contribution in [0.5, 0.6) is 0 Å². The van der Waals surface area contributed by atoms with E-state index >= 15 is 0 Å². The van der Waals surface area contributed by atoms with Crippen LogP contribution in [0.4, 0.5) is 0 Å². The van der Waals surface area contributed by atoms with E-state index in [4.69, 9.17) is 0 Å². The van der Waals surface area contributed by atoms with Gasteiger partial charge in [0.05, 0.1) is 6.54 Å². The Morgan fingerprint density at radius 3 is 3.36 bits per heavy atom. The minimum atomic E-state index is 0.694. The second kappa shape index (κ2) is 4.87. The molecule has 0 aliphatic carbocycles.